The first-order valence-corrected chi connectivity index (χ1v) is 7.70. The standard InChI is InChI=1S/C18H21N3O4/c1-24-15-9-8-13(10-16(15)25-2)11-19-17(22)12-20-18(23)21-14-6-4-3-5-7-14/h3-10H,11-12H2,1-2H3,(H,19,22)(H2,20,21,23). The van der Waals surface area contributed by atoms with E-state index in [9.17, 15) is 9.59 Å². The zero-order valence-electron chi connectivity index (χ0n) is 14.2. The van der Waals surface area contributed by atoms with Crippen molar-refractivity contribution >= 4 is 17.6 Å². The van der Waals surface area contributed by atoms with Crippen LogP contribution in [0.15, 0.2) is 48.5 Å². The van der Waals surface area contributed by atoms with Crippen LogP contribution in [0.2, 0.25) is 0 Å². The van der Waals surface area contributed by atoms with Gasteiger partial charge in [0.05, 0.1) is 20.8 Å². The number of carbonyl (C=O) groups is 2. The molecule has 25 heavy (non-hydrogen) atoms. The molecule has 7 heteroatoms. The first-order valence-electron chi connectivity index (χ1n) is 7.70. The highest BCUT2D eigenvalue weighted by atomic mass is 16.5. The number of benzene rings is 2. The fourth-order valence-electron chi connectivity index (χ4n) is 2.11. The SMILES string of the molecule is COc1ccc(CNC(=O)CNC(=O)Nc2ccccc2)cc1OC. The second-order valence-corrected chi connectivity index (χ2v) is 5.14. The molecule has 132 valence electrons. The number of nitrogens with one attached hydrogen (secondary N) is 3. The Morgan fingerprint density at radius 1 is 0.920 bits per heavy atom. The van der Waals surface area contributed by atoms with Gasteiger partial charge in [0.25, 0.3) is 0 Å². The van der Waals surface area contributed by atoms with E-state index >= 15 is 0 Å². The predicted molar refractivity (Wildman–Crippen MR) is 94.9 cm³/mol. The van der Waals surface area contributed by atoms with E-state index in [0.29, 0.717) is 23.7 Å². The normalized spacial score (nSPS) is 9.84. The zero-order chi connectivity index (χ0) is 18.1. The van der Waals surface area contributed by atoms with Gasteiger partial charge in [-0.25, -0.2) is 4.79 Å². The second kappa shape index (κ2) is 9.17. The summed E-state index contributed by atoms with van der Waals surface area (Å²) in [7, 11) is 3.11. The molecule has 0 saturated carbocycles. The molecule has 0 aromatic heterocycles. The zero-order valence-corrected chi connectivity index (χ0v) is 14.2. The molecule has 0 saturated heterocycles. The number of rotatable bonds is 7. The van der Waals surface area contributed by atoms with E-state index in [1.54, 1.807) is 38.5 Å². The van der Waals surface area contributed by atoms with Crippen LogP contribution >= 0.6 is 0 Å². The minimum absolute atomic E-state index is 0.119. The summed E-state index contributed by atoms with van der Waals surface area (Å²) in [5.41, 5.74) is 1.52. The molecule has 0 heterocycles. The van der Waals surface area contributed by atoms with Crippen LogP contribution in [-0.4, -0.2) is 32.7 Å². The Bertz CT molecular complexity index is 720. The van der Waals surface area contributed by atoms with Gasteiger partial charge in [0.1, 0.15) is 0 Å². The van der Waals surface area contributed by atoms with E-state index in [1.165, 1.54) is 0 Å². The minimum atomic E-state index is -0.438. The van der Waals surface area contributed by atoms with Crippen molar-refractivity contribution < 1.29 is 19.1 Å². The van der Waals surface area contributed by atoms with Crippen molar-refractivity contribution in [2.75, 3.05) is 26.1 Å². The number of hydrogen-bond acceptors (Lipinski definition) is 4. The Morgan fingerprint density at radius 3 is 2.32 bits per heavy atom. The molecule has 0 aliphatic carbocycles. The molecule has 3 amide bonds. The summed E-state index contributed by atoms with van der Waals surface area (Å²) in [6, 6.07) is 13.9. The molecular formula is C18H21N3O4. The summed E-state index contributed by atoms with van der Waals surface area (Å²) in [6.45, 7) is 0.202. The molecule has 0 aliphatic rings. The Kier molecular flexibility index (Phi) is 6.65. The van der Waals surface area contributed by atoms with E-state index in [1.807, 2.05) is 24.3 Å². The van der Waals surface area contributed by atoms with Crippen molar-refractivity contribution in [3.63, 3.8) is 0 Å². The van der Waals surface area contributed by atoms with Crippen LogP contribution in [0.5, 0.6) is 11.5 Å². The summed E-state index contributed by atoms with van der Waals surface area (Å²) < 4.78 is 10.4. The second-order valence-electron chi connectivity index (χ2n) is 5.14. The van der Waals surface area contributed by atoms with E-state index in [0.717, 1.165) is 5.56 Å². The highest BCUT2D eigenvalue weighted by Crippen LogP contribution is 2.27. The van der Waals surface area contributed by atoms with E-state index in [2.05, 4.69) is 16.0 Å². The molecule has 0 radical (unpaired) electrons. The minimum Gasteiger partial charge on any atom is -0.493 e. The van der Waals surface area contributed by atoms with E-state index < -0.39 is 6.03 Å². The molecule has 0 atom stereocenters. The smallest absolute Gasteiger partial charge is 0.319 e. The van der Waals surface area contributed by atoms with Gasteiger partial charge in [0, 0.05) is 12.2 Å². The molecule has 0 bridgehead atoms. The van der Waals surface area contributed by atoms with E-state index in [-0.39, 0.29) is 12.5 Å². The predicted octanol–water partition coefficient (Wildman–Crippen LogP) is 2.14. The third-order valence-electron chi connectivity index (χ3n) is 3.38. The number of ether oxygens (including phenoxy) is 2. The monoisotopic (exact) mass is 343 g/mol. The number of para-hydroxylation sites is 1. The summed E-state index contributed by atoms with van der Waals surface area (Å²) in [6.07, 6.45) is 0. The number of urea groups is 1. The first-order chi connectivity index (χ1) is 12.1. The van der Waals surface area contributed by atoms with Crippen LogP contribution in [0.3, 0.4) is 0 Å². The highest BCUT2D eigenvalue weighted by molar-refractivity contribution is 5.92. The lowest BCUT2D eigenvalue weighted by atomic mass is 10.2. The molecule has 3 N–H and O–H groups in total. The molecule has 0 fully saturated rings. The highest BCUT2D eigenvalue weighted by Gasteiger charge is 2.07. The van der Waals surface area contributed by atoms with Gasteiger partial charge in [-0.05, 0) is 29.8 Å². The third kappa shape index (κ3) is 5.72. The molecule has 0 aliphatic heterocycles. The third-order valence-corrected chi connectivity index (χ3v) is 3.38. The lowest BCUT2D eigenvalue weighted by molar-refractivity contribution is -0.120. The van der Waals surface area contributed by atoms with Gasteiger partial charge in [-0.2, -0.15) is 0 Å². The number of anilines is 1. The summed E-state index contributed by atoms with van der Waals surface area (Å²) in [5.74, 6) is 0.921. The van der Waals surface area contributed by atoms with Crippen molar-refractivity contribution in [2.24, 2.45) is 0 Å². The van der Waals surface area contributed by atoms with Crippen molar-refractivity contribution in [1.82, 2.24) is 10.6 Å². The Morgan fingerprint density at radius 2 is 1.64 bits per heavy atom. The van der Waals surface area contributed by atoms with Crippen molar-refractivity contribution in [1.29, 1.82) is 0 Å². The van der Waals surface area contributed by atoms with Crippen LogP contribution in [0.1, 0.15) is 5.56 Å². The Labute approximate surface area is 146 Å². The fourth-order valence-corrected chi connectivity index (χ4v) is 2.11. The first kappa shape index (κ1) is 18.1. The fraction of sp³-hybridized carbons (Fsp3) is 0.222. The van der Waals surface area contributed by atoms with Gasteiger partial charge in [-0.15, -0.1) is 0 Å². The maximum atomic E-state index is 11.8. The van der Waals surface area contributed by atoms with E-state index in [4.69, 9.17) is 9.47 Å². The molecule has 2 aromatic carbocycles. The maximum Gasteiger partial charge on any atom is 0.319 e. The van der Waals surface area contributed by atoms with Gasteiger partial charge in [0.2, 0.25) is 5.91 Å². The molecule has 0 spiro atoms. The number of amides is 3. The van der Waals surface area contributed by atoms with Gasteiger partial charge in [0.15, 0.2) is 11.5 Å². The van der Waals surface area contributed by atoms with Crippen LogP contribution in [0.4, 0.5) is 10.5 Å². The molecular weight excluding hydrogens is 322 g/mol. The molecule has 7 nitrogen and oxygen atoms in total. The maximum absolute atomic E-state index is 11.8. The van der Waals surface area contributed by atoms with Crippen LogP contribution in [0.25, 0.3) is 0 Å². The topological polar surface area (TPSA) is 88.7 Å². The van der Waals surface area contributed by atoms with Crippen molar-refractivity contribution in [3.8, 4) is 11.5 Å². The number of carbonyl (C=O) groups excluding carboxylic acids is 2. The molecule has 0 unspecified atom stereocenters. The number of hydrogen-bond donors (Lipinski definition) is 3. The summed E-state index contributed by atoms with van der Waals surface area (Å²) >= 11 is 0. The average Bonchev–Trinajstić information content (AvgIpc) is 2.65. The molecule has 2 aromatic rings. The lowest BCUT2D eigenvalue weighted by Gasteiger charge is -2.11. The largest absolute Gasteiger partial charge is 0.493 e. The van der Waals surface area contributed by atoms with Crippen molar-refractivity contribution in [2.45, 2.75) is 6.54 Å². The van der Waals surface area contributed by atoms with Gasteiger partial charge < -0.3 is 25.4 Å². The van der Waals surface area contributed by atoms with Gasteiger partial charge in [-0.1, -0.05) is 24.3 Å². The Balaban J connectivity index is 1.76. The van der Waals surface area contributed by atoms with Crippen LogP contribution in [0, 0.1) is 0 Å². The number of methoxy groups -OCH3 is 2. The molecule has 2 rings (SSSR count). The van der Waals surface area contributed by atoms with Gasteiger partial charge in [-0.3, -0.25) is 4.79 Å². The van der Waals surface area contributed by atoms with Crippen LogP contribution in [-0.2, 0) is 11.3 Å². The lowest BCUT2D eigenvalue weighted by Crippen LogP contribution is -2.38. The summed E-state index contributed by atoms with van der Waals surface area (Å²) in [4.78, 5) is 23.6. The van der Waals surface area contributed by atoms with Gasteiger partial charge >= 0.3 is 6.03 Å². The average molecular weight is 343 g/mol. The summed E-state index contributed by atoms with van der Waals surface area (Å²) in [5, 5.41) is 7.87. The quantitative estimate of drug-likeness (QED) is 0.719. The van der Waals surface area contributed by atoms with Crippen molar-refractivity contribution in [3.05, 3.63) is 54.1 Å². The Hall–Kier alpha value is -3.22. The van der Waals surface area contributed by atoms with Crippen LogP contribution < -0.4 is 25.4 Å².